The van der Waals surface area contributed by atoms with E-state index in [0.29, 0.717) is 12.8 Å². The molecule has 4 heteroatoms. The molecule has 3 rings (SSSR count). The van der Waals surface area contributed by atoms with Crippen molar-refractivity contribution < 1.29 is 14.3 Å². The summed E-state index contributed by atoms with van der Waals surface area (Å²) in [7, 11) is 0. The Kier molecular flexibility index (Phi) is 5.19. The van der Waals surface area contributed by atoms with Gasteiger partial charge in [-0.15, -0.1) is 0 Å². The molecule has 2 aromatic carbocycles. The SMILES string of the molecule is Cc1ccc(C(c2ccc(F)cc2)N2CCC(C(=O)O)CC2)c(C)c1. The van der Waals surface area contributed by atoms with E-state index in [1.165, 1.54) is 28.8 Å². The van der Waals surface area contributed by atoms with E-state index >= 15 is 0 Å². The normalized spacial score (nSPS) is 17.4. The zero-order chi connectivity index (χ0) is 18.0. The second-order valence-electron chi connectivity index (χ2n) is 6.96. The van der Waals surface area contributed by atoms with Crippen LogP contribution >= 0.6 is 0 Å². The van der Waals surface area contributed by atoms with Gasteiger partial charge < -0.3 is 5.11 Å². The van der Waals surface area contributed by atoms with Crippen LogP contribution in [0.1, 0.15) is 41.1 Å². The Labute approximate surface area is 148 Å². The third kappa shape index (κ3) is 3.90. The van der Waals surface area contributed by atoms with Crippen molar-refractivity contribution in [2.24, 2.45) is 5.92 Å². The lowest BCUT2D eigenvalue weighted by atomic mass is 9.89. The maximum Gasteiger partial charge on any atom is 0.306 e. The average Bonchev–Trinajstić information content (AvgIpc) is 2.59. The van der Waals surface area contributed by atoms with Crippen LogP contribution in [-0.4, -0.2) is 29.1 Å². The smallest absolute Gasteiger partial charge is 0.306 e. The molecule has 0 aromatic heterocycles. The summed E-state index contributed by atoms with van der Waals surface area (Å²) in [6.07, 6.45) is 1.30. The molecule has 0 radical (unpaired) electrons. The Balaban J connectivity index is 1.95. The van der Waals surface area contributed by atoms with E-state index in [9.17, 15) is 14.3 Å². The van der Waals surface area contributed by atoms with Crippen LogP contribution in [0.5, 0.6) is 0 Å². The molecule has 25 heavy (non-hydrogen) atoms. The average molecular weight is 341 g/mol. The molecule has 3 nitrogen and oxygen atoms in total. The Morgan fingerprint density at radius 3 is 2.32 bits per heavy atom. The topological polar surface area (TPSA) is 40.5 Å². The van der Waals surface area contributed by atoms with Crippen LogP contribution in [0.15, 0.2) is 42.5 Å². The number of aryl methyl sites for hydroxylation is 2. The Bertz CT molecular complexity index is 749. The Morgan fingerprint density at radius 1 is 1.12 bits per heavy atom. The second kappa shape index (κ2) is 7.36. The van der Waals surface area contributed by atoms with Crippen LogP contribution in [-0.2, 0) is 4.79 Å². The number of carboxylic acid groups (broad SMARTS) is 1. The van der Waals surface area contributed by atoms with Crippen LogP contribution in [0.25, 0.3) is 0 Å². The summed E-state index contributed by atoms with van der Waals surface area (Å²) in [6, 6.07) is 13.1. The van der Waals surface area contributed by atoms with Gasteiger partial charge in [0, 0.05) is 0 Å². The van der Waals surface area contributed by atoms with E-state index < -0.39 is 5.97 Å². The summed E-state index contributed by atoms with van der Waals surface area (Å²) < 4.78 is 13.4. The molecule has 1 atom stereocenters. The number of aliphatic carboxylic acids is 1. The molecule has 0 spiro atoms. The van der Waals surface area contributed by atoms with Crippen LogP contribution < -0.4 is 0 Å². The fourth-order valence-corrected chi connectivity index (χ4v) is 3.77. The van der Waals surface area contributed by atoms with Gasteiger partial charge in [0.05, 0.1) is 12.0 Å². The van der Waals surface area contributed by atoms with E-state index in [2.05, 4.69) is 36.9 Å². The Hall–Kier alpha value is -2.20. The number of hydrogen-bond acceptors (Lipinski definition) is 2. The van der Waals surface area contributed by atoms with Crippen molar-refractivity contribution in [1.29, 1.82) is 0 Å². The predicted octanol–water partition coefficient (Wildman–Crippen LogP) is 4.33. The highest BCUT2D eigenvalue weighted by Gasteiger charge is 2.30. The lowest BCUT2D eigenvalue weighted by Crippen LogP contribution is -2.39. The predicted molar refractivity (Wildman–Crippen MR) is 96.1 cm³/mol. The maximum atomic E-state index is 13.4. The number of piperidine rings is 1. The largest absolute Gasteiger partial charge is 0.481 e. The molecular formula is C21H24FNO2. The lowest BCUT2D eigenvalue weighted by molar-refractivity contribution is -0.143. The first-order valence-corrected chi connectivity index (χ1v) is 8.75. The van der Waals surface area contributed by atoms with E-state index in [4.69, 9.17) is 0 Å². The minimum Gasteiger partial charge on any atom is -0.481 e. The molecule has 1 unspecified atom stereocenters. The molecule has 0 amide bonds. The van der Waals surface area contributed by atoms with Crippen molar-refractivity contribution in [3.05, 3.63) is 70.5 Å². The van der Waals surface area contributed by atoms with Gasteiger partial charge in [0.1, 0.15) is 5.82 Å². The fourth-order valence-electron chi connectivity index (χ4n) is 3.77. The number of carbonyl (C=O) groups is 1. The number of benzene rings is 2. The van der Waals surface area contributed by atoms with Gasteiger partial charge in [-0.05, 0) is 68.6 Å². The number of likely N-dealkylation sites (tertiary alicyclic amines) is 1. The van der Waals surface area contributed by atoms with Crippen molar-refractivity contribution in [3.63, 3.8) is 0 Å². The number of nitrogens with zero attached hydrogens (tertiary/aromatic N) is 1. The van der Waals surface area contributed by atoms with Gasteiger partial charge in [-0.3, -0.25) is 9.69 Å². The van der Waals surface area contributed by atoms with Crippen molar-refractivity contribution in [3.8, 4) is 0 Å². The number of carboxylic acids is 1. The molecule has 0 saturated carbocycles. The van der Waals surface area contributed by atoms with Crippen molar-refractivity contribution in [2.75, 3.05) is 13.1 Å². The van der Waals surface area contributed by atoms with E-state index in [1.807, 2.05) is 12.1 Å². The van der Waals surface area contributed by atoms with Gasteiger partial charge >= 0.3 is 5.97 Å². The molecule has 2 aromatic rings. The molecule has 1 N–H and O–H groups in total. The molecule has 1 aliphatic heterocycles. The number of rotatable bonds is 4. The monoisotopic (exact) mass is 341 g/mol. The van der Waals surface area contributed by atoms with Crippen LogP contribution in [0.3, 0.4) is 0 Å². The van der Waals surface area contributed by atoms with Crippen molar-refractivity contribution in [1.82, 2.24) is 4.90 Å². The van der Waals surface area contributed by atoms with E-state index in [0.717, 1.165) is 18.7 Å². The summed E-state index contributed by atoms with van der Waals surface area (Å²) in [5.74, 6) is -1.21. The standard InChI is InChI=1S/C21H24FNO2/c1-14-3-8-19(15(2)13-14)20(16-4-6-18(22)7-5-16)23-11-9-17(10-12-23)21(24)25/h3-8,13,17,20H,9-12H2,1-2H3,(H,24,25). The van der Waals surface area contributed by atoms with Crippen molar-refractivity contribution >= 4 is 5.97 Å². The summed E-state index contributed by atoms with van der Waals surface area (Å²) in [6.45, 7) is 5.63. The van der Waals surface area contributed by atoms with Gasteiger partial charge in [-0.25, -0.2) is 4.39 Å². The van der Waals surface area contributed by atoms with Gasteiger partial charge in [0.25, 0.3) is 0 Å². The zero-order valence-corrected chi connectivity index (χ0v) is 14.7. The first kappa shape index (κ1) is 17.6. The zero-order valence-electron chi connectivity index (χ0n) is 14.7. The van der Waals surface area contributed by atoms with Gasteiger partial charge in [-0.2, -0.15) is 0 Å². The lowest BCUT2D eigenvalue weighted by Gasteiger charge is -2.37. The van der Waals surface area contributed by atoms with E-state index in [1.54, 1.807) is 0 Å². The first-order valence-electron chi connectivity index (χ1n) is 8.75. The second-order valence-corrected chi connectivity index (χ2v) is 6.96. The van der Waals surface area contributed by atoms with Crippen LogP contribution in [0.4, 0.5) is 4.39 Å². The van der Waals surface area contributed by atoms with Crippen LogP contribution in [0.2, 0.25) is 0 Å². The number of halogens is 1. The third-order valence-electron chi connectivity index (χ3n) is 5.15. The molecule has 0 bridgehead atoms. The fraction of sp³-hybridized carbons (Fsp3) is 0.381. The van der Waals surface area contributed by atoms with Crippen LogP contribution in [0, 0.1) is 25.6 Å². The number of hydrogen-bond donors (Lipinski definition) is 1. The minimum absolute atomic E-state index is 0.0240. The molecule has 1 aliphatic rings. The molecule has 1 saturated heterocycles. The molecule has 0 aliphatic carbocycles. The van der Waals surface area contributed by atoms with Crippen molar-refractivity contribution in [2.45, 2.75) is 32.7 Å². The molecule has 1 fully saturated rings. The summed E-state index contributed by atoms with van der Waals surface area (Å²) >= 11 is 0. The van der Waals surface area contributed by atoms with E-state index in [-0.39, 0.29) is 17.8 Å². The van der Waals surface area contributed by atoms with Gasteiger partial charge in [0.15, 0.2) is 0 Å². The highest BCUT2D eigenvalue weighted by molar-refractivity contribution is 5.70. The molecule has 1 heterocycles. The highest BCUT2D eigenvalue weighted by Crippen LogP contribution is 2.34. The molecular weight excluding hydrogens is 317 g/mol. The third-order valence-corrected chi connectivity index (χ3v) is 5.15. The summed E-state index contributed by atoms with van der Waals surface area (Å²) in [5, 5.41) is 9.24. The van der Waals surface area contributed by atoms with Gasteiger partial charge in [-0.1, -0.05) is 35.9 Å². The maximum absolute atomic E-state index is 13.4. The Morgan fingerprint density at radius 2 is 1.76 bits per heavy atom. The highest BCUT2D eigenvalue weighted by atomic mass is 19.1. The van der Waals surface area contributed by atoms with Gasteiger partial charge in [0.2, 0.25) is 0 Å². The summed E-state index contributed by atoms with van der Waals surface area (Å²) in [4.78, 5) is 13.6. The minimum atomic E-state index is -0.704. The summed E-state index contributed by atoms with van der Waals surface area (Å²) in [5.41, 5.74) is 4.66. The molecule has 132 valence electrons. The first-order chi connectivity index (χ1) is 12.0. The quantitative estimate of drug-likeness (QED) is 0.900.